The van der Waals surface area contributed by atoms with E-state index in [-0.39, 0.29) is 11.3 Å². The maximum Gasteiger partial charge on any atom is 0.262 e. The van der Waals surface area contributed by atoms with Crippen LogP contribution in [0.4, 0.5) is 0 Å². The Hall–Kier alpha value is -2.33. The monoisotopic (exact) mass is 322 g/mol. The average molecular weight is 322 g/mol. The maximum absolute atomic E-state index is 13.1. The molecule has 0 spiro atoms. The zero-order valence-corrected chi connectivity index (χ0v) is 14.0. The van der Waals surface area contributed by atoms with E-state index in [2.05, 4.69) is 17.1 Å². The third-order valence-corrected chi connectivity index (χ3v) is 4.93. The minimum atomic E-state index is -0.117. The second kappa shape index (κ2) is 6.84. The second-order valence-corrected chi connectivity index (χ2v) is 6.19. The molecule has 2 aromatic rings. The Morgan fingerprint density at radius 3 is 2.65 bits per heavy atom. The van der Waals surface area contributed by atoms with Crippen LogP contribution in [-0.2, 0) is 0 Å². The number of fused-ring (bicyclic) bond motifs is 1. The molecule has 1 aromatic carbocycles. The number of carbonyl (C=O) groups is 1. The average Bonchev–Trinajstić information content (AvgIpc) is 2.61. The number of thioether (sulfide) groups is 1. The molecule has 1 amide bonds. The molecule has 1 aliphatic rings. The van der Waals surface area contributed by atoms with Crippen LogP contribution in [0.3, 0.4) is 0 Å². The van der Waals surface area contributed by atoms with E-state index < -0.39 is 0 Å². The summed E-state index contributed by atoms with van der Waals surface area (Å²) in [6.07, 6.45) is 7.62. The first-order valence-electron chi connectivity index (χ1n) is 7.55. The number of hydrogen-bond donors (Lipinski definition) is 0. The van der Waals surface area contributed by atoms with E-state index in [4.69, 9.17) is 0 Å². The highest BCUT2D eigenvalue weighted by Crippen LogP contribution is 2.45. The van der Waals surface area contributed by atoms with Gasteiger partial charge < -0.3 is 0 Å². The highest BCUT2D eigenvalue weighted by atomic mass is 32.2. The van der Waals surface area contributed by atoms with Crippen molar-refractivity contribution >= 4 is 17.7 Å². The fraction of sp³-hybridized carbons (Fsp3) is 0.158. The summed E-state index contributed by atoms with van der Waals surface area (Å²) in [5.41, 5.74) is 2.65. The van der Waals surface area contributed by atoms with Crippen molar-refractivity contribution in [2.45, 2.75) is 24.2 Å². The number of hydrogen-bond acceptors (Lipinski definition) is 3. The van der Waals surface area contributed by atoms with Crippen LogP contribution in [0.2, 0.25) is 0 Å². The summed E-state index contributed by atoms with van der Waals surface area (Å²) in [5, 5.41) is 0.673. The predicted molar refractivity (Wildman–Crippen MR) is 94.0 cm³/mol. The largest absolute Gasteiger partial charge is 0.292 e. The number of benzene rings is 1. The molecule has 3 nitrogen and oxygen atoms in total. The molecule has 1 unspecified atom stereocenters. The molecule has 1 aromatic heterocycles. The van der Waals surface area contributed by atoms with Crippen LogP contribution >= 0.6 is 11.8 Å². The lowest BCUT2D eigenvalue weighted by atomic mass is 10.1. The highest BCUT2D eigenvalue weighted by molar-refractivity contribution is 7.99. The van der Waals surface area contributed by atoms with E-state index in [1.165, 1.54) is 0 Å². The molecule has 0 fully saturated rings. The highest BCUT2D eigenvalue weighted by Gasteiger charge is 2.35. The van der Waals surface area contributed by atoms with Gasteiger partial charge in [-0.1, -0.05) is 54.2 Å². The fourth-order valence-corrected chi connectivity index (χ4v) is 3.85. The fourth-order valence-electron chi connectivity index (χ4n) is 2.62. The summed E-state index contributed by atoms with van der Waals surface area (Å²) in [4.78, 5) is 19.3. The molecule has 0 N–H and O–H groups in total. The van der Waals surface area contributed by atoms with Crippen molar-refractivity contribution in [2.75, 3.05) is 0 Å². The van der Waals surface area contributed by atoms with Gasteiger partial charge in [0.2, 0.25) is 0 Å². The van der Waals surface area contributed by atoms with Crippen LogP contribution in [0.1, 0.15) is 35.1 Å². The molecule has 23 heavy (non-hydrogen) atoms. The van der Waals surface area contributed by atoms with Crippen molar-refractivity contribution in [3.8, 4) is 0 Å². The van der Waals surface area contributed by atoms with Gasteiger partial charge >= 0.3 is 0 Å². The quantitative estimate of drug-likeness (QED) is 0.760. The number of carbonyl (C=O) groups excluding carboxylic acids is 1. The third kappa shape index (κ3) is 2.94. The lowest BCUT2D eigenvalue weighted by molar-refractivity contribution is 0.0785. The van der Waals surface area contributed by atoms with Crippen molar-refractivity contribution in [3.05, 3.63) is 83.7 Å². The summed E-state index contributed by atoms with van der Waals surface area (Å²) >= 11 is 1.61. The number of allylic oxidation sites excluding steroid dienone is 3. The Bertz CT molecular complexity index is 768. The normalized spacial score (nSPS) is 18.3. The minimum Gasteiger partial charge on any atom is -0.292 e. The van der Waals surface area contributed by atoms with Crippen LogP contribution in [0.25, 0.3) is 0 Å². The van der Waals surface area contributed by atoms with Gasteiger partial charge in [0.1, 0.15) is 10.4 Å². The zero-order chi connectivity index (χ0) is 16.2. The van der Waals surface area contributed by atoms with Crippen LogP contribution in [-0.4, -0.2) is 15.8 Å². The van der Waals surface area contributed by atoms with Crippen LogP contribution < -0.4 is 0 Å². The minimum absolute atomic E-state index is 0.00750. The van der Waals surface area contributed by atoms with E-state index in [1.807, 2.05) is 67.3 Å². The van der Waals surface area contributed by atoms with E-state index in [0.29, 0.717) is 5.56 Å². The van der Waals surface area contributed by atoms with Gasteiger partial charge in [0.25, 0.3) is 5.91 Å². The molecule has 1 atom stereocenters. The zero-order valence-electron chi connectivity index (χ0n) is 13.1. The molecule has 0 radical (unpaired) electrons. The lowest BCUT2D eigenvalue weighted by Gasteiger charge is -2.36. The molecule has 2 heterocycles. The van der Waals surface area contributed by atoms with Crippen LogP contribution in [0.5, 0.6) is 0 Å². The van der Waals surface area contributed by atoms with Gasteiger partial charge in [0, 0.05) is 11.9 Å². The van der Waals surface area contributed by atoms with Crippen molar-refractivity contribution in [1.29, 1.82) is 0 Å². The molecule has 0 saturated carbocycles. The molecule has 1 aliphatic heterocycles. The number of aromatic nitrogens is 1. The Morgan fingerprint density at radius 2 is 1.96 bits per heavy atom. The first-order chi connectivity index (χ1) is 11.3. The molecule has 3 rings (SSSR count). The predicted octanol–water partition coefficient (Wildman–Crippen LogP) is 4.81. The van der Waals surface area contributed by atoms with E-state index >= 15 is 0 Å². The first kappa shape index (κ1) is 15.6. The van der Waals surface area contributed by atoms with Crippen molar-refractivity contribution in [1.82, 2.24) is 9.88 Å². The SMILES string of the molecule is C/C=C\C(=C/C)N1C(=O)c2cccnc2SC1c1ccccc1. The smallest absolute Gasteiger partial charge is 0.262 e. The van der Waals surface area contributed by atoms with Gasteiger partial charge in [-0.15, -0.1) is 0 Å². The molecular formula is C19H18N2OS. The van der Waals surface area contributed by atoms with E-state index in [1.54, 1.807) is 18.0 Å². The first-order valence-corrected chi connectivity index (χ1v) is 8.43. The summed E-state index contributed by atoms with van der Waals surface area (Å²) < 4.78 is 0. The summed E-state index contributed by atoms with van der Waals surface area (Å²) in [6.45, 7) is 3.91. The number of nitrogens with zero attached hydrogens (tertiary/aromatic N) is 2. The molecule has 116 valence electrons. The molecule has 4 heteroatoms. The Balaban J connectivity index is 2.13. The van der Waals surface area contributed by atoms with Gasteiger partial charge in [-0.3, -0.25) is 9.69 Å². The van der Waals surface area contributed by atoms with Crippen LogP contribution in [0.15, 0.2) is 77.6 Å². The number of amides is 1. The van der Waals surface area contributed by atoms with Gasteiger partial charge in [-0.2, -0.15) is 0 Å². The molecule has 0 aliphatic carbocycles. The molecule has 0 saturated heterocycles. The topological polar surface area (TPSA) is 33.2 Å². The maximum atomic E-state index is 13.1. The standard InChI is InChI=1S/C19H18N2OS/c1-3-9-15(4-2)21-18(22)16-12-8-13-20-17(16)23-19(21)14-10-6-5-7-11-14/h3-13,19H,1-2H3/b9-3-,15-4+. The number of pyridine rings is 1. The summed E-state index contributed by atoms with van der Waals surface area (Å²) in [5.74, 6) is -0.00750. The molecular weight excluding hydrogens is 304 g/mol. The van der Waals surface area contributed by atoms with Crippen molar-refractivity contribution in [3.63, 3.8) is 0 Å². The third-order valence-electron chi connectivity index (χ3n) is 3.67. The van der Waals surface area contributed by atoms with Crippen molar-refractivity contribution < 1.29 is 4.79 Å². The Labute approximate surface area is 140 Å². The van der Waals surface area contributed by atoms with Crippen LogP contribution in [0, 0.1) is 0 Å². The lowest BCUT2D eigenvalue weighted by Crippen LogP contribution is -2.36. The van der Waals surface area contributed by atoms with Gasteiger partial charge in [0.15, 0.2) is 0 Å². The van der Waals surface area contributed by atoms with E-state index in [0.717, 1.165) is 16.3 Å². The van der Waals surface area contributed by atoms with Gasteiger partial charge in [0.05, 0.1) is 5.56 Å². The summed E-state index contributed by atoms with van der Waals surface area (Å²) in [7, 11) is 0. The Kier molecular flexibility index (Phi) is 4.63. The van der Waals surface area contributed by atoms with Crippen molar-refractivity contribution in [2.24, 2.45) is 0 Å². The number of rotatable bonds is 3. The van der Waals surface area contributed by atoms with Gasteiger partial charge in [-0.05, 0) is 37.6 Å². The Morgan fingerprint density at radius 1 is 1.17 bits per heavy atom. The van der Waals surface area contributed by atoms with Gasteiger partial charge in [-0.25, -0.2) is 4.98 Å². The van der Waals surface area contributed by atoms with E-state index in [9.17, 15) is 4.79 Å². The summed E-state index contributed by atoms with van der Waals surface area (Å²) in [6, 6.07) is 13.7. The molecule has 0 bridgehead atoms. The second-order valence-electron chi connectivity index (χ2n) is 5.13.